The van der Waals surface area contributed by atoms with Gasteiger partial charge in [0.05, 0.1) is 12.1 Å². The maximum Gasteiger partial charge on any atom is 0.326 e. The standard InChI is InChI=1S/C16H18FNO3/c17-12-6-5-11-8-15(19)18(13(11)9-12)14(16(20)21)7-10-3-1-2-4-10/h5-6,9-10,14H,1-4,7-8H2,(H,20,21). The summed E-state index contributed by atoms with van der Waals surface area (Å²) in [6.45, 7) is 0. The van der Waals surface area contributed by atoms with Crippen LogP contribution in [-0.4, -0.2) is 23.0 Å². The molecular formula is C16H18FNO3. The maximum absolute atomic E-state index is 13.4. The highest BCUT2D eigenvalue weighted by molar-refractivity contribution is 6.05. The van der Waals surface area contributed by atoms with E-state index in [1.165, 1.54) is 17.0 Å². The van der Waals surface area contributed by atoms with Crippen molar-refractivity contribution in [1.82, 2.24) is 0 Å². The lowest BCUT2D eigenvalue weighted by Gasteiger charge is -2.27. The van der Waals surface area contributed by atoms with Crippen molar-refractivity contribution in [2.24, 2.45) is 5.92 Å². The number of hydrogen-bond donors (Lipinski definition) is 1. The van der Waals surface area contributed by atoms with Gasteiger partial charge in [-0.1, -0.05) is 31.7 Å². The second-order valence-electron chi connectivity index (χ2n) is 5.95. The van der Waals surface area contributed by atoms with E-state index in [-0.39, 0.29) is 12.3 Å². The molecule has 0 bridgehead atoms. The molecule has 4 nitrogen and oxygen atoms in total. The number of halogens is 1. The predicted molar refractivity (Wildman–Crippen MR) is 75.6 cm³/mol. The van der Waals surface area contributed by atoms with Crippen LogP contribution in [0.2, 0.25) is 0 Å². The van der Waals surface area contributed by atoms with Gasteiger partial charge in [-0.3, -0.25) is 9.69 Å². The van der Waals surface area contributed by atoms with Gasteiger partial charge < -0.3 is 5.11 Å². The third-order valence-electron chi connectivity index (χ3n) is 4.55. The fraction of sp³-hybridized carbons (Fsp3) is 0.500. The largest absolute Gasteiger partial charge is 0.480 e. The highest BCUT2D eigenvalue weighted by Crippen LogP contribution is 2.36. The summed E-state index contributed by atoms with van der Waals surface area (Å²) in [6.07, 6.45) is 4.89. The van der Waals surface area contributed by atoms with E-state index in [9.17, 15) is 19.1 Å². The summed E-state index contributed by atoms with van der Waals surface area (Å²) in [5, 5.41) is 9.52. The van der Waals surface area contributed by atoms with E-state index in [1.54, 1.807) is 6.07 Å². The Bertz CT molecular complexity index is 581. The summed E-state index contributed by atoms with van der Waals surface area (Å²) in [5.74, 6) is -1.36. The van der Waals surface area contributed by atoms with E-state index >= 15 is 0 Å². The third kappa shape index (κ3) is 2.64. The molecule has 1 fully saturated rings. The lowest BCUT2D eigenvalue weighted by Crippen LogP contribution is -2.44. The Morgan fingerprint density at radius 1 is 1.38 bits per heavy atom. The van der Waals surface area contributed by atoms with E-state index < -0.39 is 17.8 Å². The van der Waals surface area contributed by atoms with Crippen LogP contribution in [0.3, 0.4) is 0 Å². The van der Waals surface area contributed by atoms with Crippen LogP contribution < -0.4 is 4.90 Å². The molecule has 1 aromatic carbocycles. The van der Waals surface area contributed by atoms with Gasteiger partial charge in [0, 0.05) is 0 Å². The van der Waals surface area contributed by atoms with Crippen LogP contribution in [-0.2, 0) is 16.0 Å². The van der Waals surface area contributed by atoms with Crippen molar-refractivity contribution >= 4 is 17.6 Å². The molecule has 0 spiro atoms. The van der Waals surface area contributed by atoms with Crippen molar-refractivity contribution in [3.63, 3.8) is 0 Å². The summed E-state index contributed by atoms with van der Waals surface area (Å²) in [7, 11) is 0. The van der Waals surface area contributed by atoms with Crippen LogP contribution in [0.1, 0.15) is 37.7 Å². The van der Waals surface area contributed by atoms with Gasteiger partial charge >= 0.3 is 5.97 Å². The summed E-state index contributed by atoms with van der Waals surface area (Å²) >= 11 is 0. The van der Waals surface area contributed by atoms with Crippen molar-refractivity contribution in [2.75, 3.05) is 4.90 Å². The fourth-order valence-electron chi connectivity index (χ4n) is 3.51. The minimum Gasteiger partial charge on any atom is -0.480 e. The number of carbonyl (C=O) groups is 2. The molecule has 1 atom stereocenters. The molecule has 1 aliphatic carbocycles. The van der Waals surface area contributed by atoms with Gasteiger partial charge in [-0.25, -0.2) is 9.18 Å². The number of amides is 1. The molecule has 1 unspecified atom stereocenters. The Labute approximate surface area is 122 Å². The lowest BCUT2D eigenvalue weighted by molar-refractivity contribution is -0.140. The first-order valence-electron chi connectivity index (χ1n) is 7.39. The molecule has 112 valence electrons. The molecular weight excluding hydrogens is 273 g/mol. The first kappa shape index (κ1) is 14.0. The Morgan fingerprint density at radius 2 is 2.10 bits per heavy atom. The van der Waals surface area contributed by atoms with Gasteiger partial charge in [-0.05, 0) is 30.0 Å². The molecule has 1 N–H and O–H groups in total. The number of carboxylic acids is 1. The second-order valence-corrected chi connectivity index (χ2v) is 5.95. The maximum atomic E-state index is 13.4. The number of fused-ring (bicyclic) bond motifs is 1. The summed E-state index contributed by atoms with van der Waals surface area (Å²) in [4.78, 5) is 25.1. The average Bonchev–Trinajstić information content (AvgIpc) is 3.03. The number of carboxylic acid groups (broad SMARTS) is 1. The van der Waals surface area contributed by atoms with Crippen molar-refractivity contribution in [3.8, 4) is 0 Å². The van der Waals surface area contributed by atoms with E-state index in [0.717, 1.165) is 25.7 Å². The molecule has 1 amide bonds. The molecule has 21 heavy (non-hydrogen) atoms. The van der Waals surface area contributed by atoms with Crippen molar-refractivity contribution in [1.29, 1.82) is 0 Å². The minimum atomic E-state index is -1.01. The summed E-state index contributed by atoms with van der Waals surface area (Å²) < 4.78 is 13.4. The first-order chi connectivity index (χ1) is 10.1. The van der Waals surface area contributed by atoms with Gasteiger partial charge in [0.15, 0.2) is 0 Å². The zero-order valence-corrected chi connectivity index (χ0v) is 11.7. The number of anilines is 1. The lowest BCUT2D eigenvalue weighted by atomic mass is 9.97. The van der Waals surface area contributed by atoms with Crippen LogP contribution >= 0.6 is 0 Å². The smallest absolute Gasteiger partial charge is 0.326 e. The molecule has 0 saturated heterocycles. The van der Waals surface area contributed by atoms with Crippen molar-refractivity contribution in [3.05, 3.63) is 29.6 Å². The molecule has 1 aromatic rings. The molecule has 1 aliphatic heterocycles. The number of aliphatic carboxylic acids is 1. The highest BCUT2D eigenvalue weighted by atomic mass is 19.1. The molecule has 2 aliphatic rings. The van der Waals surface area contributed by atoms with Crippen LogP contribution in [0.4, 0.5) is 10.1 Å². The predicted octanol–water partition coefficient (Wildman–Crippen LogP) is 2.75. The van der Waals surface area contributed by atoms with Crippen LogP contribution in [0, 0.1) is 11.7 Å². The second kappa shape index (κ2) is 5.47. The summed E-state index contributed by atoms with van der Waals surface area (Å²) in [5.41, 5.74) is 1.13. The van der Waals surface area contributed by atoms with Crippen LogP contribution in [0.5, 0.6) is 0 Å². The SMILES string of the molecule is O=C(O)C(CC1CCCC1)N1C(=O)Cc2ccc(F)cc21. The monoisotopic (exact) mass is 291 g/mol. The molecule has 5 heteroatoms. The van der Waals surface area contributed by atoms with Gasteiger partial charge in [0.2, 0.25) is 5.91 Å². The number of rotatable bonds is 4. The van der Waals surface area contributed by atoms with E-state index in [0.29, 0.717) is 23.6 Å². The topological polar surface area (TPSA) is 57.6 Å². The van der Waals surface area contributed by atoms with Gasteiger partial charge in [0.1, 0.15) is 11.9 Å². The molecule has 1 saturated carbocycles. The van der Waals surface area contributed by atoms with E-state index in [1.807, 2.05) is 0 Å². The number of nitrogens with zero attached hydrogens (tertiary/aromatic N) is 1. The fourth-order valence-corrected chi connectivity index (χ4v) is 3.51. The normalized spacial score (nSPS) is 19.9. The van der Waals surface area contributed by atoms with Crippen molar-refractivity contribution in [2.45, 2.75) is 44.6 Å². The Morgan fingerprint density at radius 3 is 2.76 bits per heavy atom. The number of carbonyl (C=O) groups excluding carboxylic acids is 1. The Balaban J connectivity index is 1.90. The first-order valence-corrected chi connectivity index (χ1v) is 7.39. The van der Waals surface area contributed by atoms with Gasteiger partial charge in [-0.2, -0.15) is 0 Å². The van der Waals surface area contributed by atoms with Crippen molar-refractivity contribution < 1.29 is 19.1 Å². The highest BCUT2D eigenvalue weighted by Gasteiger charge is 2.38. The molecule has 0 aromatic heterocycles. The quantitative estimate of drug-likeness (QED) is 0.928. The summed E-state index contributed by atoms with van der Waals surface area (Å²) in [6, 6.07) is 3.26. The van der Waals surface area contributed by atoms with Crippen LogP contribution in [0.15, 0.2) is 18.2 Å². The number of benzene rings is 1. The number of hydrogen-bond acceptors (Lipinski definition) is 2. The minimum absolute atomic E-state index is 0.157. The molecule has 0 radical (unpaired) electrons. The Kier molecular flexibility index (Phi) is 3.66. The zero-order chi connectivity index (χ0) is 15.0. The van der Waals surface area contributed by atoms with Gasteiger partial charge in [0.25, 0.3) is 0 Å². The van der Waals surface area contributed by atoms with E-state index in [4.69, 9.17) is 0 Å². The Hall–Kier alpha value is -1.91. The zero-order valence-electron chi connectivity index (χ0n) is 11.7. The molecule has 3 rings (SSSR count). The average molecular weight is 291 g/mol. The van der Waals surface area contributed by atoms with Gasteiger partial charge in [-0.15, -0.1) is 0 Å². The molecule has 1 heterocycles. The third-order valence-corrected chi connectivity index (χ3v) is 4.55. The van der Waals surface area contributed by atoms with Crippen LogP contribution in [0.25, 0.3) is 0 Å². The van der Waals surface area contributed by atoms with E-state index in [2.05, 4.69) is 0 Å².